The van der Waals surface area contributed by atoms with Crippen molar-refractivity contribution in [2.24, 2.45) is 5.92 Å². The number of hydrogen-bond acceptors (Lipinski definition) is 3. The molecule has 1 aromatic rings. The Labute approximate surface area is 139 Å². The van der Waals surface area contributed by atoms with Gasteiger partial charge in [-0.25, -0.2) is 0 Å². The number of methoxy groups -OCH3 is 1. The first-order valence-electron chi connectivity index (χ1n) is 7.42. The van der Waals surface area contributed by atoms with E-state index < -0.39 is 0 Å². The van der Waals surface area contributed by atoms with Crippen molar-refractivity contribution in [2.75, 3.05) is 33.8 Å². The zero-order valence-electron chi connectivity index (χ0n) is 12.9. The number of rotatable bonds is 6. The lowest BCUT2D eigenvalue weighted by Gasteiger charge is -2.32. The number of benzene rings is 1. The summed E-state index contributed by atoms with van der Waals surface area (Å²) in [7, 11) is 3.68. The molecule has 1 fully saturated rings. The molecule has 2 rings (SSSR count). The van der Waals surface area contributed by atoms with Gasteiger partial charge in [-0.15, -0.1) is 12.4 Å². The third-order valence-electron chi connectivity index (χ3n) is 4.13. The number of piperidine rings is 1. The van der Waals surface area contributed by atoms with Crippen LogP contribution in [0.1, 0.15) is 24.8 Å². The van der Waals surface area contributed by atoms with Gasteiger partial charge in [0, 0.05) is 6.54 Å². The first-order valence-corrected chi connectivity index (χ1v) is 7.80. The Kier molecular flexibility index (Phi) is 8.42. The maximum atomic E-state index is 6.18. The van der Waals surface area contributed by atoms with E-state index in [1.54, 1.807) is 7.11 Å². The SMILES string of the molecule is CNCCC1CCN(Cc2ccc(OC)c(Cl)c2)CC1.Cl. The van der Waals surface area contributed by atoms with E-state index in [1.165, 1.54) is 37.9 Å². The molecule has 0 aromatic heterocycles. The van der Waals surface area contributed by atoms with Crippen molar-refractivity contribution in [1.29, 1.82) is 0 Å². The number of nitrogens with zero attached hydrogens (tertiary/aromatic N) is 1. The van der Waals surface area contributed by atoms with Gasteiger partial charge in [0.1, 0.15) is 5.75 Å². The van der Waals surface area contributed by atoms with Gasteiger partial charge in [-0.3, -0.25) is 4.90 Å². The van der Waals surface area contributed by atoms with Crippen LogP contribution in [-0.2, 0) is 6.54 Å². The highest BCUT2D eigenvalue weighted by Crippen LogP contribution is 2.27. The van der Waals surface area contributed by atoms with Crippen molar-refractivity contribution in [1.82, 2.24) is 10.2 Å². The van der Waals surface area contributed by atoms with Gasteiger partial charge in [0.25, 0.3) is 0 Å². The van der Waals surface area contributed by atoms with Gasteiger partial charge in [-0.05, 0) is 69.6 Å². The molecule has 1 N–H and O–H groups in total. The first-order chi connectivity index (χ1) is 9.72. The molecule has 21 heavy (non-hydrogen) atoms. The van der Waals surface area contributed by atoms with Gasteiger partial charge in [0.2, 0.25) is 0 Å². The lowest BCUT2D eigenvalue weighted by molar-refractivity contribution is 0.172. The van der Waals surface area contributed by atoms with Crippen LogP contribution in [0.4, 0.5) is 0 Å². The highest BCUT2D eigenvalue weighted by Gasteiger charge is 2.18. The topological polar surface area (TPSA) is 24.5 Å². The molecule has 3 nitrogen and oxygen atoms in total. The third kappa shape index (κ3) is 5.67. The quantitative estimate of drug-likeness (QED) is 0.861. The Hall–Kier alpha value is -0.480. The Morgan fingerprint density at radius 3 is 2.62 bits per heavy atom. The van der Waals surface area contributed by atoms with Crippen molar-refractivity contribution >= 4 is 24.0 Å². The molecule has 0 atom stereocenters. The maximum absolute atomic E-state index is 6.18. The Morgan fingerprint density at radius 1 is 1.33 bits per heavy atom. The summed E-state index contributed by atoms with van der Waals surface area (Å²) in [6.45, 7) is 4.51. The second kappa shape index (κ2) is 9.52. The standard InChI is InChI=1S/C16H25ClN2O.ClH/c1-18-8-5-13-6-9-19(10-7-13)12-14-3-4-16(20-2)15(17)11-14;/h3-4,11,13,18H,5-10,12H2,1-2H3;1H. The van der Waals surface area contributed by atoms with Gasteiger partial charge < -0.3 is 10.1 Å². The fourth-order valence-electron chi connectivity index (χ4n) is 2.85. The van der Waals surface area contributed by atoms with E-state index in [9.17, 15) is 0 Å². The van der Waals surface area contributed by atoms with Crippen LogP contribution < -0.4 is 10.1 Å². The summed E-state index contributed by atoms with van der Waals surface area (Å²) in [5.74, 6) is 1.64. The summed E-state index contributed by atoms with van der Waals surface area (Å²) in [5, 5.41) is 3.95. The van der Waals surface area contributed by atoms with Crippen LogP contribution in [0.2, 0.25) is 5.02 Å². The molecule has 120 valence electrons. The molecule has 1 aliphatic heterocycles. The second-order valence-corrected chi connectivity index (χ2v) is 5.99. The van der Waals surface area contributed by atoms with Crippen molar-refractivity contribution in [2.45, 2.75) is 25.8 Å². The normalized spacial score (nSPS) is 16.5. The number of hydrogen-bond donors (Lipinski definition) is 1. The van der Waals surface area contributed by atoms with Crippen molar-refractivity contribution in [3.63, 3.8) is 0 Å². The fourth-order valence-corrected chi connectivity index (χ4v) is 3.13. The maximum Gasteiger partial charge on any atom is 0.137 e. The largest absolute Gasteiger partial charge is 0.495 e. The molecule has 1 aliphatic rings. The van der Waals surface area contributed by atoms with Gasteiger partial charge in [-0.2, -0.15) is 0 Å². The van der Waals surface area contributed by atoms with E-state index >= 15 is 0 Å². The van der Waals surface area contributed by atoms with Gasteiger partial charge in [0.15, 0.2) is 0 Å². The predicted octanol–water partition coefficient (Wildman–Crippen LogP) is 3.59. The lowest BCUT2D eigenvalue weighted by atomic mass is 9.93. The first kappa shape index (κ1) is 18.6. The van der Waals surface area contributed by atoms with E-state index in [-0.39, 0.29) is 12.4 Å². The molecule has 0 amide bonds. The van der Waals surface area contributed by atoms with Crippen LogP contribution in [-0.4, -0.2) is 38.7 Å². The summed E-state index contributed by atoms with van der Waals surface area (Å²) < 4.78 is 5.19. The second-order valence-electron chi connectivity index (χ2n) is 5.58. The molecule has 0 radical (unpaired) electrons. The van der Waals surface area contributed by atoms with Crippen molar-refractivity contribution < 1.29 is 4.74 Å². The monoisotopic (exact) mass is 332 g/mol. The van der Waals surface area contributed by atoms with Crippen molar-refractivity contribution in [3.05, 3.63) is 28.8 Å². The van der Waals surface area contributed by atoms with E-state index in [4.69, 9.17) is 16.3 Å². The molecule has 1 saturated heterocycles. The predicted molar refractivity (Wildman–Crippen MR) is 91.8 cm³/mol. The smallest absolute Gasteiger partial charge is 0.137 e. The minimum absolute atomic E-state index is 0. The Bertz CT molecular complexity index is 421. The molecule has 0 spiro atoms. The highest BCUT2D eigenvalue weighted by molar-refractivity contribution is 6.32. The van der Waals surface area contributed by atoms with Gasteiger partial charge in [0.05, 0.1) is 12.1 Å². The molecular formula is C16H26Cl2N2O. The van der Waals surface area contributed by atoms with Gasteiger partial charge in [-0.1, -0.05) is 17.7 Å². The molecule has 1 heterocycles. The summed E-state index contributed by atoms with van der Waals surface area (Å²) in [4.78, 5) is 2.52. The van der Waals surface area contributed by atoms with E-state index in [0.29, 0.717) is 5.02 Å². The van der Waals surface area contributed by atoms with Crippen LogP contribution in [0.15, 0.2) is 18.2 Å². The van der Waals surface area contributed by atoms with Crippen LogP contribution in [0.25, 0.3) is 0 Å². The summed E-state index contributed by atoms with van der Waals surface area (Å²) in [6, 6.07) is 6.09. The van der Waals surface area contributed by atoms with Crippen LogP contribution >= 0.6 is 24.0 Å². The third-order valence-corrected chi connectivity index (χ3v) is 4.43. The summed E-state index contributed by atoms with van der Waals surface area (Å²) in [6.07, 6.45) is 3.93. The Balaban J connectivity index is 0.00000220. The zero-order chi connectivity index (χ0) is 14.4. The molecule has 0 bridgehead atoms. The molecule has 0 saturated carbocycles. The molecule has 0 aliphatic carbocycles. The number of ether oxygens (including phenoxy) is 1. The van der Waals surface area contributed by atoms with Crippen LogP contribution in [0.3, 0.4) is 0 Å². The number of nitrogens with one attached hydrogen (secondary N) is 1. The molecule has 5 heteroatoms. The van der Waals surface area contributed by atoms with Crippen molar-refractivity contribution in [3.8, 4) is 5.75 Å². The molecule has 0 unspecified atom stereocenters. The fraction of sp³-hybridized carbons (Fsp3) is 0.625. The summed E-state index contributed by atoms with van der Waals surface area (Å²) >= 11 is 6.18. The highest BCUT2D eigenvalue weighted by atomic mass is 35.5. The number of halogens is 2. The Morgan fingerprint density at radius 2 is 2.05 bits per heavy atom. The lowest BCUT2D eigenvalue weighted by Crippen LogP contribution is -2.34. The van der Waals surface area contributed by atoms with E-state index in [1.807, 2.05) is 19.2 Å². The average Bonchev–Trinajstić information content (AvgIpc) is 2.47. The minimum Gasteiger partial charge on any atom is -0.495 e. The van der Waals surface area contributed by atoms with E-state index in [0.717, 1.165) is 24.8 Å². The average molecular weight is 333 g/mol. The molecular weight excluding hydrogens is 307 g/mol. The van der Waals surface area contributed by atoms with Gasteiger partial charge >= 0.3 is 0 Å². The number of likely N-dealkylation sites (tertiary alicyclic amines) is 1. The van der Waals surface area contributed by atoms with E-state index in [2.05, 4.69) is 16.3 Å². The van der Waals surface area contributed by atoms with Crippen LogP contribution in [0, 0.1) is 5.92 Å². The zero-order valence-corrected chi connectivity index (χ0v) is 14.5. The summed E-state index contributed by atoms with van der Waals surface area (Å²) in [5.41, 5.74) is 1.27. The van der Waals surface area contributed by atoms with Crippen LogP contribution in [0.5, 0.6) is 5.75 Å². The molecule has 1 aromatic carbocycles. The minimum atomic E-state index is 0.